The van der Waals surface area contributed by atoms with Gasteiger partial charge in [0.05, 0.1) is 0 Å². The van der Waals surface area contributed by atoms with Gasteiger partial charge in [0, 0.05) is 81.5 Å². The number of rotatable bonds is 8. The average Bonchev–Trinajstić information content (AvgIpc) is 2.82. The van der Waals surface area contributed by atoms with Gasteiger partial charge in [0.15, 0.2) is 0 Å². The maximum atomic E-state index is 6.01. The van der Waals surface area contributed by atoms with E-state index < -0.39 is 0 Å². The lowest BCUT2D eigenvalue weighted by Crippen LogP contribution is -2.50. The summed E-state index contributed by atoms with van der Waals surface area (Å²) >= 11 is 12.0. The van der Waals surface area contributed by atoms with Crippen molar-refractivity contribution in [2.45, 2.75) is 32.5 Å². The number of piperazine rings is 2. The SMILES string of the molecule is CC(CCN1CCN(Cc2ccc(Cl)cc2)CC1)N1CCN(Cc2ccc(Cl)cc2)CC1. The summed E-state index contributed by atoms with van der Waals surface area (Å²) in [5, 5.41) is 1.63. The van der Waals surface area contributed by atoms with Crippen LogP contribution in [0.15, 0.2) is 48.5 Å². The first kappa shape index (κ1) is 24.0. The fraction of sp³-hybridized carbons (Fsp3) is 0.538. The van der Waals surface area contributed by atoms with Gasteiger partial charge in [-0.2, -0.15) is 0 Å². The van der Waals surface area contributed by atoms with Crippen LogP contribution < -0.4 is 0 Å². The number of nitrogens with zero attached hydrogens (tertiary/aromatic N) is 4. The van der Waals surface area contributed by atoms with Gasteiger partial charge in [0.1, 0.15) is 0 Å². The van der Waals surface area contributed by atoms with Crippen LogP contribution in [0.3, 0.4) is 0 Å². The topological polar surface area (TPSA) is 13.0 Å². The van der Waals surface area contributed by atoms with Crippen LogP contribution in [0, 0.1) is 0 Å². The second-order valence-electron chi connectivity index (χ2n) is 9.32. The largest absolute Gasteiger partial charge is 0.301 e. The first-order valence-corrected chi connectivity index (χ1v) is 12.7. The van der Waals surface area contributed by atoms with Crippen molar-refractivity contribution in [3.8, 4) is 0 Å². The molecule has 2 fully saturated rings. The van der Waals surface area contributed by atoms with Crippen LogP contribution in [0.4, 0.5) is 0 Å². The molecule has 1 atom stereocenters. The Morgan fingerprint density at radius 2 is 1.03 bits per heavy atom. The Bertz CT molecular complexity index is 811. The van der Waals surface area contributed by atoms with Crippen molar-refractivity contribution in [2.75, 3.05) is 58.9 Å². The molecule has 2 aliphatic rings. The van der Waals surface area contributed by atoms with Gasteiger partial charge in [-0.1, -0.05) is 47.5 Å². The van der Waals surface area contributed by atoms with Crippen LogP contribution >= 0.6 is 23.2 Å². The molecule has 0 aliphatic carbocycles. The van der Waals surface area contributed by atoms with Crippen molar-refractivity contribution < 1.29 is 0 Å². The zero-order valence-corrected chi connectivity index (χ0v) is 20.7. The molecule has 0 spiro atoms. The second-order valence-corrected chi connectivity index (χ2v) is 10.2. The van der Waals surface area contributed by atoms with Crippen LogP contribution in [0.1, 0.15) is 24.5 Å². The predicted molar refractivity (Wildman–Crippen MR) is 136 cm³/mol. The lowest BCUT2D eigenvalue weighted by Gasteiger charge is -2.39. The molecule has 4 nitrogen and oxygen atoms in total. The molecule has 2 saturated heterocycles. The molecule has 1 unspecified atom stereocenters. The van der Waals surface area contributed by atoms with E-state index in [0.29, 0.717) is 6.04 Å². The van der Waals surface area contributed by atoms with Gasteiger partial charge in [-0.05, 0) is 55.3 Å². The van der Waals surface area contributed by atoms with Crippen LogP contribution in [0.5, 0.6) is 0 Å². The Balaban J connectivity index is 1.12. The molecule has 4 rings (SSSR count). The minimum Gasteiger partial charge on any atom is -0.301 e. The summed E-state index contributed by atoms with van der Waals surface area (Å²) in [7, 11) is 0. The summed E-state index contributed by atoms with van der Waals surface area (Å²) in [6.45, 7) is 15.0. The zero-order chi connectivity index (χ0) is 22.3. The maximum Gasteiger partial charge on any atom is 0.0406 e. The Hall–Kier alpha value is -1.14. The minimum atomic E-state index is 0.653. The highest BCUT2D eigenvalue weighted by Gasteiger charge is 2.23. The first-order chi connectivity index (χ1) is 15.5. The molecule has 0 amide bonds. The van der Waals surface area contributed by atoms with E-state index in [1.54, 1.807) is 0 Å². The van der Waals surface area contributed by atoms with E-state index in [-0.39, 0.29) is 0 Å². The molecular weight excluding hydrogens is 439 g/mol. The second kappa shape index (κ2) is 11.8. The van der Waals surface area contributed by atoms with Crippen molar-refractivity contribution in [3.05, 3.63) is 69.7 Å². The van der Waals surface area contributed by atoms with Crippen molar-refractivity contribution in [3.63, 3.8) is 0 Å². The van der Waals surface area contributed by atoms with Crippen molar-refractivity contribution in [1.29, 1.82) is 0 Å². The number of halogens is 2. The van der Waals surface area contributed by atoms with Gasteiger partial charge in [-0.25, -0.2) is 0 Å². The molecule has 2 aliphatic heterocycles. The molecule has 2 aromatic carbocycles. The molecule has 6 heteroatoms. The zero-order valence-electron chi connectivity index (χ0n) is 19.2. The fourth-order valence-corrected chi connectivity index (χ4v) is 5.03. The number of benzene rings is 2. The fourth-order valence-electron chi connectivity index (χ4n) is 4.78. The third-order valence-electron chi connectivity index (χ3n) is 7.00. The van der Waals surface area contributed by atoms with E-state index in [1.165, 1.54) is 50.3 Å². The number of hydrogen-bond donors (Lipinski definition) is 0. The molecule has 0 N–H and O–H groups in total. The molecule has 2 heterocycles. The third-order valence-corrected chi connectivity index (χ3v) is 7.50. The van der Waals surface area contributed by atoms with Gasteiger partial charge in [-0.3, -0.25) is 14.7 Å². The van der Waals surface area contributed by atoms with E-state index in [2.05, 4.69) is 50.8 Å². The summed E-state index contributed by atoms with van der Waals surface area (Å²) < 4.78 is 0. The van der Waals surface area contributed by atoms with Crippen LogP contribution in [0.2, 0.25) is 10.0 Å². The summed E-state index contributed by atoms with van der Waals surface area (Å²) in [4.78, 5) is 10.4. The van der Waals surface area contributed by atoms with Crippen molar-refractivity contribution in [2.24, 2.45) is 0 Å². The molecule has 0 aromatic heterocycles. The molecule has 0 saturated carbocycles. The highest BCUT2D eigenvalue weighted by Crippen LogP contribution is 2.16. The summed E-state index contributed by atoms with van der Waals surface area (Å²) in [5.41, 5.74) is 2.71. The monoisotopic (exact) mass is 474 g/mol. The van der Waals surface area contributed by atoms with E-state index in [9.17, 15) is 0 Å². The normalized spacial score (nSPS) is 20.5. The Morgan fingerprint density at radius 1 is 0.625 bits per heavy atom. The van der Waals surface area contributed by atoms with Crippen molar-refractivity contribution in [1.82, 2.24) is 19.6 Å². The third kappa shape index (κ3) is 7.18. The molecule has 32 heavy (non-hydrogen) atoms. The summed E-state index contributed by atoms with van der Waals surface area (Å²) in [6.07, 6.45) is 1.26. The Labute approximate surface area is 203 Å². The first-order valence-electron chi connectivity index (χ1n) is 12.0. The molecule has 0 bridgehead atoms. The van der Waals surface area contributed by atoms with Gasteiger partial charge < -0.3 is 4.90 Å². The summed E-state index contributed by atoms with van der Waals surface area (Å²) in [6, 6.07) is 17.2. The predicted octanol–water partition coefficient (Wildman–Crippen LogP) is 4.71. The quantitative estimate of drug-likeness (QED) is 0.549. The van der Waals surface area contributed by atoms with Gasteiger partial charge >= 0.3 is 0 Å². The standard InChI is InChI=1S/C26H36Cl2N4/c1-22(32-18-16-31(17-19-32)21-24-4-8-26(28)9-5-24)10-11-29-12-14-30(15-13-29)20-23-2-6-25(27)7-3-23/h2-9,22H,10-21H2,1H3. The van der Waals surface area contributed by atoms with E-state index >= 15 is 0 Å². The number of hydrogen-bond acceptors (Lipinski definition) is 4. The molecule has 0 radical (unpaired) electrons. The minimum absolute atomic E-state index is 0.653. The van der Waals surface area contributed by atoms with Gasteiger partial charge in [0.2, 0.25) is 0 Å². The van der Waals surface area contributed by atoms with Crippen LogP contribution in [-0.4, -0.2) is 84.5 Å². The highest BCUT2D eigenvalue weighted by molar-refractivity contribution is 6.30. The molecule has 174 valence electrons. The van der Waals surface area contributed by atoms with E-state index in [4.69, 9.17) is 23.2 Å². The lowest BCUT2D eigenvalue weighted by molar-refractivity contribution is 0.0796. The van der Waals surface area contributed by atoms with E-state index in [0.717, 1.165) is 49.3 Å². The summed E-state index contributed by atoms with van der Waals surface area (Å²) in [5.74, 6) is 0. The van der Waals surface area contributed by atoms with Crippen molar-refractivity contribution >= 4 is 23.2 Å². The maximum absolute atomic E-state index is 6.01. The van der Waals surface area contributed by atoms with E-state index in [1.807, 2.05) is 24.3 Å². The van der Waals surface area contributed by atoms with Gasteiger partial charge in [-0.15, -0.1) is 0 Å². The smallest absolute Gasteiger partial charge is 0.0406 e. The highest BCUT2D eigenvalue weighted by atomic mass is 35.5. The Morgan fingerprint density at radius 3 is 1.50 bits per heavy atom. The van der Waals surface area contributed by atoms with Crippen LogP contribution in [0.25, 0.3) is 0 Å². The van der Waals surface area contributed by atoms with Gasteiger partial charge in [0.25, 0.3) is 0 Å². The molecule has 2 aromatic rings. The Kier molecular flexibility index (Phi) is 8.87. The lowest BCUT2D eigenvalue weighted by atomic mass is 10.1. The van der Waals surface area contributed by atoms with Crippen LogP contribution in [-0.2, 0) is 13.1 Å². The average molecular weight is 476 g/mol. The molecular formula is C26H36Cl2N4.